The number of hydrogen-bond acceptors (Lipinski definition) is 7. The first-order chi connectivity index (χ1) is 15.7. The van der Waals surface area contributed by atoms with Gasteiger partial charge in [0.25, 0.3) is 5.91 Å². The van der Waals surface area contributed by atoms with Crippen molar-refractivity contribution in [2.45, 2.75) is 26.2 Å². The predicted molar refractivity (Wildman–Crippen MR) is 124 cm³/mol. The molecular weight excluding hydrogens is 424 g/mol. The monoisotopic (exact) mass is 450 g/mol. The number of anilines is 1. The van der Waals surface area contributed by atoms with Crippen molar-refractivity contribution in [2.75, 3.05) is 19.0 Å². The molecule has 0 saturated heterocycles. The third kappa shape index (κ3) is 6.42. The topological polar surface area (TPSA) is 130 Å². The van der Waals surface area contributed by atoms with Crippen molar-refractivity contribution in [1.29, 1.82) is 0 Å². The predicted octanol–water partition coefficient (Wildman–Crippen LogP) is 3.56. The number of benzene rings is 2. The zero-order valence-electron chi connectivity index (χ0n) is 18.9. The van der Waals surface area contributed by atoms with Gasteiger partial charge in [0, 0.05) is 22.7 Å². The molecular formula is C24H26N4O5. The molecule has 0 saturated carbocycles. The summed E-state index contributed by atoms with van der Waals surface area (Å²) in [6.07, 6.45) is 3.04. The van der Waals surface area contributed by atoms with E-state index in [1.807, 2.05) is 32.9 Å². The third-order valence-electron chi connectivity index (χ3n) is 4.46. The number of methoxy groups -OCH3 is 1. The van der Waals surface area contributed by atoms with Gasteiger partial charge in [0.05, 0.1) is 7.11 Å². The van der Waals surface area contributed by atoms with Crippen LogP contribution < -0.4 is 20.5 Å². The number of carbonyl (C=O) groups excluding carboxylic acids is 2. The van der Waals surface area contributed by atoms with Crippen LogP contribution >= 0.6 is 0 Å². The highest BCUT2D eigenvalue weighted by atomic mass is 16.5. The van der Waals surface area contributed by atoms with Crippen LogP contribution in [0.5, 0.6) is 11.5 Å². The molecule has 0 aliphatic rings. The summed E-state index contributed by atoms with van der Waals surface area (Å²) in [5.41, 5.74) is 6.99. The first-order valence-electron chi connectivity index (χ1n) is 10.2. The normalized spacial score (nSPS) is 11.4. The lowest BCUT2D eigenvalue weighted by atomic mass is 9.97. The fourth-order valence-corrected chi connectivity index (χ4v) is 2.76. The van der Waals surface area contributed by atoms with Gasteiger partial charge in [-0.1, -0.05) is 32.0 Å². The number of ether oxygens (including phenoxy) is 2. The lowest BCUT2D eigenvalue weighted by molar-refractivity contribution is -0.120. The SMILES string of the molecule is COc1cc(/C=C/C(=O)Nc2ccc(-c3noc(C(C)(C)C)n3)cc2)ccc1OCC(N)=O. The number of hydrogen-bond donors (Lipinski definition) is 2. The number of primary amides is 1. The zero-order chi connectivity index (χ0) is 24.0. The highest BCUT2D eigenvalue weighted by Gasteiger charge is 2.22. The Balaban J connectivity index is 1.62. The van der Waals surface area contributed by atoms with Gasteiger partial charge in [-0.15, -0.1) is 0 Å². The van der Waals surface area contributed by atoms with E-state index in [2.05, 4.69) is 15.5 Å². The molecule has 33 heavy (non-hydrogen) atoms. The van der Waals surface area contributed by atoms with E-state index in [0.29, 0.717) is 28.9 Å². The molecule has 9 heteroatoms. The summed E-state index contributed by atoms with van der Waals surface area (Å²) in [5.74, 6) is 0.974. The van der Waals surface area contributed by atoms with Crippen molar-refractivity contribution >= 4 is 23.6 Å². The molecule has 172 valence electrons. The quantitative estimate of drug-likeness (QED) is 0.502. The minimum Gasteiger partial charge on any atom is -0.493 e. The van der Waals surface area contributed by atoms with E-state index in [1.54, 1.807) is 36.4 Å². The van der Waals surface area contributed by atoms with Crippen LogP contribution in [0.25, 0.3) is 17.5 Å². The second-order valence-electron chi connectivity index (χ2n) is 8.24. The van der Waals surface area contributed by atoms with Crippen molar-refractivity contribution in [3.8, 4) is 22.9 Å². The van der Waals surface area contributed by atoms with Crippen LogP contribution in [-0.2, 0) is 15.0 Å². The highest BCUT2D eigenvalue weighted by molar-refractivity contribution is 6.02. The first-order valence-corrected chi connectivity index (χ1v) is 10.2. The van der Waals surface area contributed by atoms with Crippen molar-refractivity contribution in [3.63, 3.8) is 0 Å². The number of nitrogens with two attached hydrogens (primary N) is 1. The van der Waals surface area contributed by atoms with Gasteiger partial charge in [-0.05, 0) is 48.0 Å². The fourth-order valence-electron chi connectivity index (χ4n) is 2.76. The van der Waals surface area contributed by atoms with Gasteiger partial charge in [-0.25, -0.2) is 0 Å². The average molecular weight is 450 g/mol. The largest absolute Gasteiger partial charge is 0.493 e. The Labute approximate surface area is 191 Å². The van der Waals surface area contributed by atoms with Crippen molar-refractivity contribution < 1.29 is 23.6 Å². The summed E-state index contributed by atoms with van der Waals surface area (Å²) < 4.78 is 15.9. The molecule has 0 spiro atoms. The summed E-state index contributed by atoms with van der Waals surface area (Å²) in [6, 6.07) is 12.2. The number of nitrogens with one attached hydrogen (secondary N) is 1. The van der Waals surface area contributed by atoms with Crippen molar-refractivity contribution in [2.24, 2.45) is 5.73 Å². The summed E-state index contributed by atoms with van der Waals surface area (Å²) in [5, 5.41) is 6.82. The summed E-state index contributed by atoms with van der Waals surface area (Å²) >= 11 is 0. The molecule has 0 atom stereocenters. The Kier molecular flexibility index (Phi) is 7.12. The van der Waals surface area contributed by atoms with Crippen molar-refractivity contribution in [3.05, 3.63) is 60.0 Å². The van der Waals surface area contributed by atoms with E-state index in [4.69, 9.17) is 19.7 Å². The van der Waals surface area contributed by atoms with E-state index in [9.17, 15) is 9.59 Å². The van der Waals surface area contributed by atoms with Crippen LogP contribution in [0.2, 0.25) is 0 Å². The van der Waals surface area contributed by atoms with E-state index < -0.39 is 5.91 Å². The number of aromatic nitrogens is 2. The Morgan fingerprint density at radius 1 is 1.12 bits per heavy atom. The highest BCUT2D eigenvalue weighted by Crippen LogP contribution is 2.28. The van der Waals surface area contributed by atoms with Crippen LogP contribution in [0.15, 0.2) is 53.1 Å². The number of carbonyl (C=O) groups is 2. The van der Waals surface area contributed by atoms with E-state index in [0.717, 1.165) is 11.1 Å². The van der Waals surface area contributed by atoms with Crippen LogP contribution in [0.4, 0.5) is 5.69 Å². The van der Waals surface area contributed by atoms with Gasteiger partial charge >= 0.3 is 0 Å². The third-order valence-corrected chi connectivity index (χ3v) is 4.46. The standard InChI is InChI=1S/C24H26N4O5/c1-24(2,3)23-27-22(28-33-23)16-7-9-17(10-8-16)26-21(30)12-6-15-5-11-18(19(13-15)31-4)32-14-20(25)29/h5-13H,14H2,1-4H3,(H2,25,29)(H,26,30)/b12-6+. The second-order valence-corrected chi connectivity index (χ2v) is 8.24. The summed E-state index contributed by atoms with van der Waals surface area (Å²) in [4.78, 5) is 27.6. The molecule has 0 unspecified atom stereocenters. The molecule has 0 aliphatic carbocycles. The summed E-state index contributed by atoms with van der Waals surface area (Å²) in [7, 11) is 1.48. The molecule has 3 N–H and O–H groups in total. The van der Waals surface area contributed by atoms with Gasteiger partial charge in [0.1, 0.15) is 0 Å². The molecule has 3 aromatic rings. The molecule has 0 aliphatic heterocycles. The number of amides is 2. The smallest absolute Gasteiger partial charge is 0.255 e. The van der Waals surface area contributed by atoms with Crippen LogP contribution in [0.3, 0.4) is 0 Å². The van der Waals surface area contributed by atoms with Gasteiger partial charge < -0.3 is 25.0 Å². The molecule has 1 aromatic heterocycles. The lowest BCUT2D eigenvalue weighted by Crippen LogP contribution is -2.20. The first kappa shape index (κ1) is 23.5. The zero-order valence-corrected chi connectivity index (χ0v) is 18.9. The minimum absolute atomic E-state index is 0.230. The van der Waals surface area contributed by atoms with Crippen molar-refractivity contribution in [1.82, 2.24) is 10.1 Å². The lowest BCUT2D eigenvalue weighted by Gasteiger charge is -2.10. The van der Waals surface area contributed by atoms with Crippen LogP contribution in [0, 0.1) is 0 Å². The number of rotatable bonds is 8. The van der Waals surface area contributed by atoms with Gasteiger partial charge in [-0.3, -0.25) is 9.59 Å². The van der Waals surface area contributed by atoms with Gasteiger partial charge in [0.15, 0.2) is 18.1 Å². The van der Waals surface area contributed by atoms with Crippen LogP contribution in [0.1, 0.15) is 32.2 Å². The van der Waals surface area contributed by atoms with Gasteiger partial charge in [-0.2, -0.15) is 4.98 Å². The fraction of sp³-hybridized carbons (Fsp3) is 0.250. The molecule has 2 aromatic carbocycles. The van der Waals surface area contributed by atoms with E-state index in [-0.39, 0.29) is 17.9 Å². The van der Waals surface area contributed by atoms with E-state index >= 15 is 0 Å². The van der Waals surface area contributed by atoms with Gasteiger partial charge in [0.2, 0.25) is 17.6 Å². The molecule has 0 fully saturated rings. The van der Waals surface area contributed by atoms with E-state index in [1.165, 1.54) is 13.2 Å². The summed E-state index contributed by atoms with van der Waals surface area (Å²) in [6.45, 7) is 5.74. The maximum absolute atomic E-state index is 12.3. The van der Waals surface area contributed by atoms with Crippen LogP contribution in [-0.4, -0.2) is 35.7 Å². The minimum atomic E-state index is -0.585. The Hall–Kier alpha value is -4.14. The second kappa shape index (κ2) is 9.99. The number of nitrogens with zero attached hydrogens (tertiary/aromatic N) is 2. The molecule has 3 rings (SSSR count). The Morgan fingerprint density at radius 2 is 1.85 bits per heavy atom. The maximum Gasteiger partial charge on any atom is 0.255 e. The molecule has 0 radical (unpaired) electrons. The molecule has 9 nitrogen and oxygen atoms in total. The Morgan fingerprint density at radius 3 is 2.45 bits per heavy atom. The molecule has 1 heterocycles. The maximum atomic E-state index is 12.3. The average Bonchev–Trinajstić information content (AvgIpc) is 3.28. The Bertz CT molecular complexity index is 1160. The molecule has 2 amide bonds. The molecule has 0 bridgehead atoms.